The van der Waals surface area contributed by atoms with E-state index in [2.05, 4.69) is 5.32 Å². The molecule has 10 heteroatoms. The summed E-state index contributed by atoms with van der Waals surface area (Å²) in [5, 5.41) is 18.7. The van der Waals surface area contributed by atoms with Crippen molar-refractivity contribution in [1.82, 2.24) is 0 Å². The number of ether oxygens (including phenoxy) is 1. The van der Waals surface area contributed by atoms with Crippen LogP contribution in [0.25, 0.3) is 0 Å². The Hall–Kier alpha value is -2.20. The molecule has 0 aliphatic heterocycles. The van der Waals surface area contributed by atoms with Crippen molar-refractivity contribution >= 4 is 27.4 Å². The van der Waals surface area contributed by atoms with Crippen LogP contribution >= 0.6 is 0 Å². The third-order valence-corrected chi connectivity index (χ3v) is 3.47. The fourth-order valence-corrected chi connectivity index (χ4v) is 2.21. The molecule has 0 aliphatic rings. The Labute approximate surface area is 134 Å². The Morgan fingerprint density at radius 3 is 2.48 bits per heavy atom. The summed E-state index contributed by atoms with van der Waals surface area (Å²) < 4.78 is 27.6. The number of nitrogens with two attached hydrogens (primary N) is 1. The Morgan fingerprint density at radius 1 is 1.39 bits per heavy atom. The molecular formula is C13H19N3O6S. The summed E-state index contributed by atoms with van der Waals surface area (Å²) in [6, 6.07) is 3.25. The number of benzene rings is 1. The zero-order valence-electron chi connectivity index (χ0n) is 13.0. The van der Waals surface area contributed by atoms with Crippen molar-refractivity contribution in [1.29, 1.82) is 0 Å². The zero-order valence-corrected chi connectivity index (χ0v) is 13.8. The lowest BCUT2D eigenvalue weighted by atomic mass is 10.2. The number of nitrogens with one attached hydrogen (secondary N) is 1. The molecule has 1 rings (SSSR count). The van der Waals surface area contributed by atoms with E-state index in [0.717, 1.165) is 12.1 Å². The largest absolute Gasteiger partial charge is 0.460 e. The van der Waals surface area contributed by atoms with Gasteiger partial charge in [0.05, 0.1) is 16.2 Å². The van der Waals surface area contributed by atoms with Crippen molar-refractivity contribution in [2.75, 3.05) is 11.9 Å². The predicted molar refractivity (Wildman–Crippen MR) is 83.4 cm³/mol. The van der Waals surface area contributed by atoms with Crippen LogP contribution < -0.4 is 10.5 Å². The third kappa shape index (κ3) is 6.20. The average Bonchev–Trinajstić information content (AvgIpc) is 2.35. The van der Waals surface area contributed by atoms with E-state index in [9.17, 15) is 23.3 Å². The summed E-state index contributed by atoms with van der Waals surface area (Å²) in [4.78, 5) is 21.5. The summed E-state index contributed by atoms with van der Waals surface area (Å²) in [5.74, 6) is -0.450. The highest BCUT2D eigenvalue weighted by molar-refractivity contribution is 7.89. The SMILES string of the molecule is CC(C)(C)OC(=O)CCNc1ccc(S(N)(=O)=O)cc1[N+](=O)[O-]. The Kier molecular flexibility index (Phi) is 5.67. The van der Waals surface area contributed by atoms with Gasteiger partial charge in [0, 0.05) is 12.6 Å². The number of nitrogens with zero attached hydrogens (tertiary/aromatic N) is 1. The maximum Gasteiger partial charge on any atom is 0.308 e. The molecule has 9 nitrogen and oxygen atoms in total. The topological polar surface area (TPSA) is 142 Å². The van der Waals surface area contributed by atoms with Crippen molar-refractivity contribution < 1.29 is 22.9 Å². The van der Waals surface area contributed by atoms with E-state index >= 15 is 0 Å². The Bertz CT molecular complexity index is 709. The Balaban J connectivity index is 2.81. The molecule has 0 heterocycles. The van der Waals surface area contributed by atoms with Crippen molar-refractivity contribution in [3.63, 3.8) is 0 Å². The molecule has 0 fully saturated rings. The van der Waals surface area contributed by atoms with Crippen LogP contribution in [0.1, 0.15) is 27.2 Å². The van der Waals surface area contributed by atoms with Crippen LogP contribution in [0.5, 0.6) is 0 Å². The van der Waals surface area contributed by atoms with Gasteiger partial charge in [-0.1, -0.05) is 0 Å². The number of primary sulfonamides is 1. The summed E-state index contributed by atoms with van der Waals surface area (Å²) in [7, 11) is -4.04. The highest BCUT2D eigenvalue weighted by atomic mass is 32.2. The second-order valence-electron chi connectivity index (χ2n) is 5.74. The van der Waals surface area contributed by atoms with Gasteiger partial charge in [-0.2, -0.15) is 0 Å². The van der Waals surface area contributed by atoms with Gasteiger partial charge in [0.1, 0.15) is 11.3 Å². The molecule has 1 aromatic rings. The number of esters is 1. The molecule has 23 heavy (non-hydrogen) atoms. The van der Waals surface area contributed by atoms with Gasteiger partial charge in [-0.05, 0) is 32.9 Å². The maximum absolute atomic E-state index is 11.6. The summed E-state index contributed by atoms with van der Waals surface area (Å²) in [6.07, 6.45) is 0.00532. The van der Waals surface area contributed by atoms with Gasteiger partial charge in [0.2, 0.25) is 10.0 Å². The van der Waals surface area contributed by atoms with Gasteiger partial charge in [-0.15, -0.1) is 0 Å². The van der Waals surface area contributed by atoms with E-state index < -0.39 is 32.2 Å². The number of sulfonamides is 1. The average molecular weight is 345 g/mol. The quantitative estimate of drug-likeness (QED) is 0.450. The lowest BCUT2D eigenvalue weighted by Gasteiger charge is -2.19. The molecule has 0 amide bonds. The monoisotopic (exact) mass is 345 g/mol. The van der Waals surface area contributed by atoms with Crippen LogP contribution in [-0.2, 0) is 19.6 Å². The van der Waals surface area contributed by atoms with Gasteiger partial charge < -0.3 is 10.1 Å². The molecule has 3 N–H and O–H groups in total. The molecule has 0 spiro atoms. The van der Waals surface area contributed by atoms with Crippen molar-refractivity contribution in [2.24, 2.45) is 5.14 Å². The molecule has 0 radical (unpaired) electrons. The zero-order chi connectivity index (χ0) is 17.8. The minimum absolute atomic E-state index is 0.00532. The van der Waals surface area contributed by atoms with Crippen LogP contribution in [-0.4, -0.2) is 31.5 Å². The molecule has 0 saturated heterocycles. The van der Waals surface area contributed by atoms with Gasteiger partial charge >= 0.3 is 5.97 Å². The molecule has 0 bridgehead atoms. The van der Waals surface area contributed by atoms with Crippen molar-refractivity contribution in [3.05, 3.63) is 28.3 Å². The third-order valence-electron chi connectivity index (χ3n) is 2.56. The fraction of sp³-hybridized carbons (Fsp3) is 0.462. The van der Waals surface area contributed by atoms with E-state index in [1.54, 1.807) is 20.8 Å². The maximum atomic E-state index is 11.6. The van der Waals surface area contributed by atoms with Crippen LogP contribution in [0, 0.1) is 10.1 Å². The highest BCUT2D eigenvalue weighted by Gasteiger charge is 2.20. The minimum Gasteiger partial charge on any atom is -0.460 e. The normalized spacial score (nSPS) is 11.8. The summed E-state index contributed by atoms with van der Waals surface area (Å²) in [6.45, 7) is 5.30. The van der Waals surface area contributed by atoms with Gasteiger partial charge in [0.15, 0.2) is 0 Å². The number of rotatable bonds is 6. The number of nitro benzene ring substituents is 1. The van der Waals surface area contributed by atoms with E-state index in [0.29, 0.717) is 0 Å². The molecule has 128 valence electrons. The first-order chi connectivity index (χ1) is 10.4. The second-order valence-corrected chi connectivity index (χ2v) is 7.31. The van der Waals surface area contributed by atoms with Gasteiger partial charge in [-0.3, -0.25) is 14.9 Å². The molecule has 0 aliphatic carbocycles. The number of hydrogen-bond donors (Lipinski definition) is 2. The number of nitro groups is 1. The smallest absolute Gasteiger partial charge is 0.308 e. The van der Waals surface area contributed by atoms with Crippen molar-refractivity contribution in [2.45, 2.75) is 37.7 Å². The molecule has 0 aromatic heterocycles. The first-order valence-corrected chi connectivity index (χ1v) is 8.22. The van der Waals surface area contributed by atoms with Crippen molar-refractivity contribution in [3.8, 4) is 0 Å². The number of hydrogen-bond acceptors (Lipinski definition) is 7. The highest BCUT2D eigenvalue weighted by Crippen LogP contribution is 2.27. The summed E-state index contributed by atoms with van der Waals surface area (Å²) in [5.41, 5.74) is -0.966. The fourth-order valence-electron chi connectivity index (χ4n) is 1.68. The standard InChI is InChI=1S/C13H19N3O6S/c1-13(2,3)22-12(17)6-7-15-10-5-4-9(23(14,20)21)8-11(10)16(18)19/h4-5,8,15H,6-7H2,1-3H3,(H2,14,20,21). The van der Waals surface area contributed by atoms with Crippen LogP contribution in [0.2, 0.25) is 0 Å². The lowest BCUT2D eigenvalue weighted by Crippen LogP contribution is -2.25. The molecule has 0 atom stereocenters. The van der Waals surface area contributed by atoms with Crippen LogP contribution in [0.4, 0.5) is 11.4 Å². The van der Waals surface area contributed by atoms with E-state index in [1.165, 1.54) is 6.07 Å². The first-order valence-electron chi connectivity index (χ1n) is 6.67. The first kappa shape index (κ1) is 18.8. The minimum atomic E-state index is -4.04. The predicted octanol–water partition coefficient (Wildman–Crippen LogP) is 1.39. The molecule has 1 aromatic carbocycles. The number of carbonyl (C=O) groups excluding carboxylic acids is 1. The molecule has 0 saturated carbocycles. The number of carbonyl (C=O) groups is 1. The summed E-state index contributed by atoms with van der Waals surface area (Å²) >= 11 is 0. The van der Waals surface area contributed by atoms with E-state index in [-0.39, 0.29) is 23.5 Å². The van der Waals surface area contributed by atoms with E-state index in [4.69, 9.17) is 9.88 Å². The molecule has 0 unspecified atom stereocenters. The van der Waals surface area contributed by atoms with E-state index in [1.807, 2.05) is 0 Å². The lowest BCUT2D eigenvalue weighted by molar-refractivity contribution is -0.384. The Morgan fingerprint density at radius 2 is 2.00 bits per heavy atom. The second kappa shape index (κ2) is 6.92. The van der Waals surface area contributed by atoms with Crippen LogP contribution in [0.15, 0.2) is 23.1 Å². The van der Waals surface area contributed by atoms with Crippen LogP contribution in [0.3, 0.4) is 0 Å². The van der Waals surface area contributed by atoms with Gasteiger partial charge in [-0.25, -0.2) is 13.6 Å². The molecular weight excluding hydrogens is 326 g/mol. The number of anilines is 1. The van der Waals surface area contributed by atoms with Gasteiger partial charge in [0.25, 0.3) is 5.69 Å².